The molecule has 4 N–H and O–H groups in total. The van der Waals surface area contributed by atoms with Crippen molar-refractivity contribution >= 4 is 17.3 Å². The van der Waals surface area contributed by atoms with Gasteiger partial charge in [-0.3, -0.25) is 0 Å². The molecule has 0 amide bonds. The van der Waals surface area contributed by atoms with Gasteiger partial charge in [-0.1, -0.05) is 12.2 Å². The van der Waals surface area contributed by atoms with Crippen molar-refractivity contribution in [2.24, 2.45) is 0 Å². The molecule has 19 heavy (non-hydrogen) atoms. The van der Waals surface area contributed by atoms with Gasteiger partial charge in [-0.15, -0.1) is 0 Å². The number of nitrogens with one attached hydrogen (secondary N) is 1. The lowest BCUT2D eigenvalue weighted by Crippen LogP contribution is -2.12. The zero-order chi connectivity index (χ0) is 14.4. The number of nitrogens with two attached hydrogens (primary N) is 1. The Bertz CT molecular complexity index is 484. The van der Waals surface area contributed by atoms with E-state index in [0.29, 0.717) is 25.4 Å². The number of nitrogen functional groups attached to an aromatic ring is 1. The quantitative estimate of drug-likeness (QED) is 0.400. The van der Waals surface area contributed by atoms with Crippen LogP contribution in [0, 0.1) is 6.92 Å². The minimum atomic E-state index is -1.03. The van der Waals surface area contributed by atoms with Crippen LogP contribution in [0.15, 0.2) is 24.3 Å². The number of carboxylic acids is 1. The highest BCUT2D eigenvalue weighted by atomic mass is 16.5. The summed E-state index contributed by atoms with van der Waals surface area (Å²) in [7, 11) is 0. The molecule has 0 radical (unpaired) electrons. The fourth-order valence-electron chi connectivity index (χ4n) is 1.59. The van der Waals surface area contributed by atoms with E-state index < -0.39 is 5.97 Å². The number of anilines is 2. The molecular weight excluding hydrogens is 244 g/mol. The zero-order valence-corrected chi connectivity index (χ0v) is 11.3. The van der Waals surface area contributed by atoms with Gasteiger partial charge in [0.2, 0.25) is 0 Å². The number of carbonyl (C=O) groups is 1. The Hall–Kier alpha value is -2.01. The summed E-state index contributed by atoms with van der Waals surface area (Å²) in [5.41, 5.74) is 8.57. The molecule has 0 heterocycles. The van der Waals surface area contributed by atoms with Crippen molar-refractivity contribution in [3.05, 3.63) is 35.4 Å². The van der Waals surface area contributed by atoms with Gasteiger partial charge in [0.05, 0.1) is 18.8 Å². The zero-order valence-electron chi connectivity index (χ0n) is 11.3. The van der Waals surface area contributed by atoms with Gasteiger partial charge in [0.15, 0.2) is 0 Å². The van der Waals surface area contributed by atoms with Crippen molar-refractivity contribution in [2.45, 2.75) is 13.8 Å². The SMILES string of the molecule is C=C(C)COCCNc1cc(C)c(N)c(C(=O)O)c1. The fourth-order valence-corrected chi connectivity index (χ4v) is 1.59. The van der Waals surface area contributed by atoms with Crippen LogP contribution in [0.2, 0.25) is 0 Å². The van der Waals surface area contributed by atoms with Crippen LogP contribution < -0.4 is 11.1 Å². The van der Waals surface area contributed by atoms with E-state index in [0.717, 1.165) is 16.8 Å². The molecular formula is C14H20N2O3. The first-order valence-electron chi connectivity index (χ1n) is 6.01. The molecule has 1 rings (SSSR count). The van der Waals surface area contributed by atoms with Gasteiger partial charge in [0, 0.05) is 17.9 Å². The molecule has 0 spiro atoms. The Balaban J connectivity index is 2.59. The van der Waals surface area contributed by atoms with Crippen molar-refractivity contribution in [3.63, 3.8) is 0 Å². The lowest BCUT2D eigenvalue weighted by molar-refractivity contribution is 0.0698. The second kappa shape index (κ2) is 6.80. The topological polar surface area (TPSA) is 84.6 Å². The molecule has 0 saturated carbocycles. The second-order valence-corrected chi connectivity index (χ2v) is 4.50. The third-order valence-corrected chi connectivity index (χ3v) is 2.54. The maximum absolute atomic E-state index is 11.0. The molecule has 5 heteroatoms. The summed E-state index contributed by atoms with van der Waals surface area (Å²) in [5, 5.41) is 12.2. The standard InChI is InChI=1S/C14H20N2O3/c1-9(2)8-19-5-4-16-11-6-10(3)13(15)12(7-11)14(17)18/h6-7,16H,1,4-5,8,15H2,2-3H3,(H,17,18). The molecule has 0 aliphatic rings. The van der Waals surface area contributed by atoms with E-state index in [9.17, 15) is 4.79 Å². The van der Waals surface area contributed by atoms with E-state index in [2.05, 4.69) is 11.9 Å². The minimum absolute atomic E-state index is 0.116. The predicted molar refractivity (Wildman–Crippen MR) is 76.7 cm³/mol. The summed E-state index contributed by atoms with van der Waals surface area (Å²) in [6.07, 6.45) is 0. The Kier molecular flexibility index (Phi) is 5.38. The molecule has 0 aromatic heterocycles. The van der Waals surface area contributed by atoms with Gasteiger partial charge < -0.3 is 20.9 Å². The van der Waals surface area contributed by atoms with E-state index in [1.165, 1.54) is 6.07 Å². The number of aromatic carboxylic acids is 1. The first kappa shape index (κ1) is 15.0. The largest absolute Gasteiger partial charge is 0.478 e. The van der Waals surface area contributed by atoms with Gasteiger partial charge in [0.1, 0.15) is 0 Å². The lowest BCUT2D eigenvalue weighted by atomic mass is 10.1. The van der Waals surface area contributed by atoms with Crippen molar-refractivity contribution in [2.75, 3.05) is 30.8 Å². The van der Waals surface area contributed by atoms with E-state index in [4.69, 9.17) is 15.6 Å². The van der Waals surface area contributed by atoms with Crippen molar-refractivity contribution < 1.29 is 14.6 Å². The van der Waals surface area contributed by atoms with Crippen LogP contribution in [0.3, 0.4) is 0 Å². The molecule has 0 fully saturated rings. The molecule has 0 saturated heterocycles. The number of hydrogen-bond donors (Lipinski definition) is 3. The van der Waals surface area contributed by atoms with Crippen molar-refractivity contribution in [1.82, 2.24) is 0 Å². The summed E-state index contributed by atoms with van der Waals surface area (Å²) in [4.78, 5) is 11.0. The summed E-state index contributed by atoms with van der Waals surface area (Å²) in [5.74, 6) is -1.03. The predicted octanol–water partition coefficient (Wildman–Crippen LogP) is 2.28. The monoisotopic (exact) mass is 264 g/mol. The number of rotatable bonds is 7. The molecule has 1 aromatic carbocycles. The van der Waals surface area contributed by atoms with Crippen LogP contribution in [0.4, 0.5) is 11.4 Å². The average Bonchev–Trinajstić information content (AvgIpc) is 2.32. The van der Waals surface area contributed by atoms with Gasteiger partial charge in [-0.05, 0) is 31.5 Å². The molecule has 0 unspecified atom stereocenters. The Morgan fingerprint density at radius 2 is 2.21 bits per heavy atom. The van der Waals surface area contributed by atoms with Crippen LogP contribution in [0.25, 0.3) is 0 Å². The Labute approximate surface area is 113 Å². The Morgan fingerprint density at radius 1 is 1.53 bits per heavy atom. The van der Waals surface area contributed by atoms with Crippen LogP contribution >= 0.6 is 0 Å². The number of hydrogen-bond acceptors (Lipinski definition) is 4. The molecule has 0 aliphatic carbocycles. The van der Waals surface area contributed by atoms with Crippen LogP contribution in [0.1, 0.15) is 22.8 Å². The van der Waals surface area contributed by atoms with E-state index in [1.54, 1.807) is 6.92 Å². The summed E-state index contributed by atoms with van der Waals surface area (Å²) < 4.78 is 5.35. The van der Waals surface area contributed by atoms with Gasteiger partial charge in [0.25, 0.3) is 0 Å². The number of carboxylic acid groups (broad SMARTS) is 1. The maximum atomic E-state index is 11.0. The third kappa shape index (κ3) is 4.63. The minimum Gasteiger partial charge on any atom is -0.478 e. The molecule has 0 atom stereocenters. The highest BCUT2D eigenvalue weighted by Gasteiger charge is 2.11. The van der Waals surface area contributed by atoms with Crippen molar-refractivity contribution in [1.29, 1.82) is 0 Å². The fraction of sp³-hybridized carbons (Fsp3) is 0.357. The third-order valence-electron chi connectivity index (χ3n) is 2.54. The van der Waals surface area contributed by atoms with Crippen LogP contribution in [-0.4, -0.2) is 30.8 Å². The number of benzene rings is 1. The normalized spacial score (nSPS) is 10.2. The molecule has 0 aliphatic heterocycles. The van der Waals surface area contributed by atoms with Gasteiger partial charge in [-0.25, -0.2) is 4.79 Å². The Morgan fingerprint density at radius 3 is 2.79 bits per heavy atom. The van der Waals surface area contributed by atoms with Crippen molar-refractivity contribution in [3.8, 4) is 0 Å². The van der Waals surface area contributed by atoms with Crippen LogP contribution in [0.5, 0.6) is 0 Å². The van der Waals surface area contributed by atoms with Crippen LogP contribution in [-0.2, 0) is 4.74 Å². The second-order valence-electron chi connectivity index (χ2n) is 4.50. The lowest BCUT2D eigenvalue weighted by Gasteiger charge is -2.11. The number of ether oxygens (including phenoxy) is 1. The summed E-state index contributed by atoms with van der Waals surface area (Å²) >= 11 is 0. The molecule has 104 valence electrons. The smallest absolute Gasteiger partial charge is 0.337 e. The highest BCUT2D eigenvalue weighted by Crippen LogP contribution is 2.22. The van der Waals surface area contributed by atoms with Gasteiger partial charge >= 0.3 is 5.97 Å². The first-order valence-corrected chi connectivity index (χ1v) is 6.01. The highest BCUT2D eigenvalue weighted by molar-refractivity contribution is 5.95. The molecule has 1 aromatic rings. The van der Waals surface area contributed by atoms with E-state index in [-0.39, 0.29) is 5.56 Å². The molecule has 5 nitrogen and oxygen atoms in total. The van der Waals surface area contributed by atoms with Gasteiger partial charge in [-0.2, -0.15) is 0 Å². The summed E-state index contributed by atoms with van der Waals surface area (Å²) in [6, 6.07) is 3.35. The van der Waals surface area contributed by atoms with E-state index >= 15 is 0 Å². The first-order chi connectivity index (χ1) is 8.91. The average molecular weight is 264 g/mol. The number of aryl methyl sites for hydroxylation is 1. The maximum Gasteiger partial charge on any atom is 0.337 e. The molecule has 0 bridgehead atoms. The summed E-state index contributed by atoms with van der Waals surface area (Å²) in [6.45, 7) is 9.07. The van der Waals surface area contributed by atoms with E-state index in [1.807, 2.05) is 13.0 Å².